The van der Waals surface area contributed by atoms with Crippen LogP contribution in [0.3, 0.4) is 0 Å². The molecule has 0 aromatic heterocycles. The van der Waals surface area contributed by atoms with Gasteiger partial charge < -0.3 is 20.7 Å². The van der Waals surface area contributed by atoms with E-state index in [0.717, 1.165) is 12.0 Å². The van der Waals surface area contributed by atoms with Gasteiger partial charge in [-0.3, -0.25) is 28.9 Å². The Labute approximate surface area is 193 Å². The number of imide groups is 1. The van der Waals surface area contributed by atoms with Crippen molar-refractivity contribution in [1.82, 2.24) is 15.5 Å². The van der Waals surface area contributed by atoms with Crippen molar-refractivity contribution in [3.8, 4) is 0 Å². The number of nitrogens with one attached hydrogen (secondary N) is 3. The first-order chi connectivity index (χ1) is 15.9. The van der Waals surface area contributed by atoms with Crippen LogP contribution in [0.25, 0.3) is 0 Å². The number of nitrogens with zero attached hydrogens (tertiary/aromatic N) is 1. The normalized spacial score (nSPS) is 12.6. The number of hydrogen-bond acceptors (Lipinski definition) is 6. The lowest BCUT2D eigenvalue weighted by atomic mass is 10.1. The van der Waals surface area contributed by atoms with Gasteiger partial charge in [-0.05, 0) is 30.5 Å². The highest BCUT2D eigenvalue weighted by molar-refractivity contribution is 6.03. The summed E-state index contributed by atoms with van der Waals surface area (Å²) in [6.45, 7) is 4.13. The molecule has 1 aliphatic rings. The van der Waals surface area contributed by atoms with Crippen LogP contribution in [0, 0.1) is 0 Å². The average Bonchev–Trinajstić information content (AvgIpc) is 2.77. The van der Waals surface area contributed by atoms with Gasteiger partial charge in [0.15, 0.2) is 0 Å². The minimum absolute atomic E-state index is 0.00561. The zero-order chi connectivity index (χ0) is 24.1. The van der Waals surface area contributed by atoms with E-state index in [1.807, 2.05) is 6.92 Å². The predicted octanol–water partition coefficient (Wildman–Crippen LogP) is 0.756. The molecule has 1 fully saturated rings. The highest BCUT2D eigenvalue weighted by Gasteiger charge is 2.29. The summed E-state index contributed by atoms with van der Waals surface area (Å²) in [5, 5.41) is 8.03. The molecule has 0 saturated carbocycles. The summed E-state index contributed by atoms with van der Waals surface area (Å²) in [4.78, 5) is 59.8. The van der Waals surface area contributed by atoms with Gasteiger partial charge in [-0.1, -0.05) is 19.1 Å². The van der Waals surface area contributed by atoms with Gasteiger partial charge in [0.25, 0.3) is 0 Å². The molecule has 1 aromatic rings. The van der Waals surface area contributed by atoms with Crippen LogP contribution in [0.4, 0.5) is 5.69 Å². The highest BCUT2D eigenvalue weighted by atomic mass is 16.5. The molecule has 2 rings (SSSR count). The first-order valence-electron chi connectivity index (χ1n) is 11.2. The average molecular weight is 461 g/mol. The Bertz CT molecular complexity index is 840. The van der Waals surface area contributed by atoms with Crippen molar-refractivity contribution in [2.24, 2.45) is 0 Å². The van der Waals surface area contributed by atoms with E-state index in [4.69, 9.17) is 4.74 Å². The summed E-state index contributed by atoms with van der Waals surface area (Å²) >= 11 is 0. The molecule has 180 valence electrons. The summed E-state index contributed by atoms with van der Waals surface area (Å²) in [6.07, 6.45) is 2.12. The fraction of sp³-hybridized carbons (Fsp3) is 0.522. The maximum atomic E-state index is 12.0. The maximum absolute atomic E-state index is 12.0. The van der Waals surface area contributed by atoms with Gasteiger partial charge in [-0.15, -0.1) is 0 Å². The van der Waals surface area contributed by atoms with E-state index in [9.17, 15) is 24.0 Å². The van der Waals surface area contributed by atoms with Crippen LogP contribution in [-0.4, -0.2) is 67.3 Å². The van der Waals surface area contributed by atoms with Gasteiger partial charge >= 0.3 is 0 Å². The minimum atomic E-state index is -0.457. The number of benzene rings is 1. The predicted molar refractivity (Wildman–Crippen MR) is 121 cm³/mol. The second-order valence-electron chi connectivity index (χ2n) is 7.70. The second-order valence-corrected chi connectivity index (χ2v) is 7.70. The number of carbonyl (C=O) groups is 5. The summed E-state index contributed by atoms with van der Waals surface area (Å²) in [5.74, 6) is -1.26. The number of likely N-dealkylation sites (tertiary alicyclic amines) is 1. The maximum Gasteiger partial charge on any atom is 0.233 e. The summed E-state index contributed by atoms with van der Waals surface area (Å²) in [7, 11) is 0. The molecule has 0 radical (unpaired) electrons. The van der Waals surface area contributed by atoms with E-state index in [2.05, 4.69) is 16.0 Å². The highest BCUT2D eigenvalue weighted by Crippen LogP contribution is 2.14. The molecule has 0 spiro atoms. The van der Waals surface area contributed by atoms with E-state index >= 15 is 0 Å². The first kappa shape index (κ1) is 26.0. The number of hydrogen-bond donors (Lipinski definition) is 3. The Balaban J connectivity index is 1.55. The minimum Gasteiger partial charge on any atom is -0.380 e. The van der Waals surface area contributed by atoms with E-state index in [1.54, 1.807) is 24.3 Å². The molecule has 33 heavy (non-hydrogen) atoms. The fourth-order valence-corrected chi connectivity index (χ4v) is 3.02. The molecular weight excluding hydrogens is 428 g/mol. The molecule has 3 N–H and O–H groups in total. The third-order valence-corrected chi connectivity index (χ3v) is 4.90. The van der Waals surface area contributed by atoms with Crippen LogP contribution in [0.15, 0.2) is 24.3 Å². The first-order valence-corrected chi connectivity index (χ1v) is 11.2. The zero-order valence-electron chi connectivity index (χ0n) is 19.0. The van der Waals surface area contributed by atoms with Crippen LogP contribution >= 0.6 is 0 Å². The van der Waals surface area contributed by atoms with Crippen molar-refractivity contribution in [3.05, 3.63) is 29.8 Å². The number of ether oxygens (including phenoxy) is 1. The Kier molecular flexibility index (Phi) is 11.0. The molecule has 1 aromatic carbocycles. The number of rotatable bonds is 14. The van der Waals surface area contributed by atoms with E-state index in [0.29, 0.717) is 51.3 Å². The van der Waals surface area contributed by atoms with Crippen molar-refractivity contribution in [1.29, 1.82) is 0 Å². The Morgan fingerprint density at radius 3 is 2.33 bits per heavy atom. The lowest BCUT2D eigenvalue weighted by Gasteiger charge is -2.28. The third-order valence-electron chi connectivity index (χ3n) is 4.90. The summed E-state index contributed by atoms with van der Waals surface area (Å²) < 4.78 is 5.37. The summed E-state index contributed by atoms with van der Waals surface area (Å²) in [5.41, 5.74) is 1.24. The number of anilines is 1. The fourth-order valence-electron chi connectivity index (χ4n) is 3.02. The van der Waals surface area contributed by atoms with Crippen LogP contribution < -0.4 is 16.0 Å². The Hall–Kier alpha value is -3.27. The molecule has 1 aliphatic heterocycles. The molecule has 5 amide bonds. The van der Waals surface area contributed by atoms with Crippen LogP contribution in [0.2, 0.25) is 0 Å². The van der Waals surface area contributed by atoms with Gasteiger partial charge in [0, 0.05) is 44.8 Å². The summed E-state index contributed by atoms with van der Waals surface area (Å²) in [6, 6.07) is 6.69. The monoisotopic (exact) mass is 460 g/mol. The van der Waals surface area contributed by atoms with Gasteiger partial charge in [0.05, 0.1) is 13.0 Å². The quantitative estimate of drug-likeness (QED) is 0.213. The van der Waals surface area contributed by atoms with Crippen molar-refractivity contribution < 1.29 is 28.7 Å². The number of amides is 5. The molecule has 0 atom stereocenters. The molecular formula is C23H32N4O6. The van der Waals surface area contributed by atoms with Crippen LogP contribution in [0.5, 0.6) is 0 Å². The van der Waals surface area contributed by atoms with E-state index < -0.39 is 11.8 Å². The van der Waals surface area contributed by atoms with Gasteiger partial charge in [0.2, 0.25) is 29.5 Å². The van der Waals surface area contributed by atoms with E-state index in [-0.39, 0.29) is 37.1 Å². The molecule has 1 saturated heterocycles. The zero-order valence-corrected chi connectivity index (χ0v) is 19.0. The molecule has 10 nitrogen and oxygen atoms in total. The molecule has 1 heterocycles. The van der Waals surface area contributed by atoms with Crippen molar-refractivity contribution in [2.45, 2.75) is 45.4 Å². The van der Waals surface area contributed by atoms with Crippen molar-refractivity contribution >= 4 is 35.2 Å². The molecule has 0 unspecified atom stereocenters. The standard InChI is InChI=1S/C23H32N4O6/c1-2-10-24-19(28)4-3-13-33-14-11-25-20(29)16-21(30)26-18-7-5-17(6-8-18)15-23(32)27-12-9-22(27)31/h5-8H,2-4,9-16H2,1H3,(H,24,28)(H,25,29)(H,26,30). The topological polar surface area (TPSA) is 134 Å². The molecule has 0 aliphatic carbocycles. The van der Waals surface area contributed by atoms with Crippen molar-refractivity contribution in [3.63, 3.8) is 0 Å². The van der Waals surface area contributed by atoms with Gasteiger partial charge in [-0.2, -0.15) is 0 Å². The lowest BCUT2D eigenvalue weighted by molar-refractivity contribution is -0.152. The number of carbonyl (C=O) groups excluding carboxylic acids is 5. The third kappa shape index (κ3) is 9.82. The number of β-lactam (4-membered cyclic amide) rings is 1. The van der Waals surface area contributed by atoms with Crippen LogP contribution in [-0.2, 0) is 35.1 Å². The smallest absolute Gasteiger partial charge is 0.233 e. The second kappa shape index (κ2) is 14.0. The molecule has 10 heteroatoms. The SMILES string of the molecule is CCCNC(=O)CCCOCCNC(=O)CC(=O)Nc1ccc(CC(=O)N2CCC2=O)cc1. The largest absolute Gasteiger partial charge is 0.380 e. The van der Waals surface area contributed by atoms with Crippen LogP contribution in [0.1, 0.15) is 44.6 Å². The van der Waals surface area contributed by atoms with Crippen molar-refractivity contribution in [2.75, 3.05) is 38.2 Å². The Morgan fingerprint density at radius 2 is 1.70 bits per heavy atom. The van der Waals surface area contributed by atoms with Gasteiger partial charge in [0.1, 0.15) is 6.42 Å². The lowest BCUT2D eigenvalue weighted by Crippen LogP contribution is -2.48. The Morgan fingerprint density at radius 1 is 0.970 bits per heavy atom. The molecule has 0 bridgehead atoms. The van der Waals surface area contributed by atoms with Gasteiger partial charge in [-0.25, -0.2) is 0 Å². The van der Waals surface area contributed by atoms with E-state index in [1.165, 1.54) is 4.90 Å².